The molecule has 0 atom stereocenters. The molecule has 25 heavy (non-hydrogen) atoms. The third-order valence-corrected chi connectivity index (χ3v) is 4.33. The van der Waals surface area contributed by atoms with E-state index in [0.29, 0.717) is 23.4 Å². The second-order valence-corrected chi connectivity index (χ2v) is 6.27. The fourth-order valence-electron chi connectivity index (χ4n) is 3.18. The molecule has 0 radical (unpaired) electrons. The molecule has 2 aromatic carbocycles. The van der Waals surface area contributed by atoms with Crippen molar-refractivity contribution in [3.05, 3.63) is 64.8 Å². The summed E-state index contributed by atoms with van der Waals surface area (Å²) in [7, 11) is 0. The number of rotatable bonds is 5. The van der Waals surface area contributed by atoms with Crippen molar-refractivity contribution < 1.29 is 19.8 Å². The molecule has 0 fully saturated rings. The number of benzene rings is 2. The normalized spacial score (nSPS) is 11.0. The Labute approximate surface area is 149 Å². The van der Waals surface area contributed by atoms with Crippen LogP contribution in [0.4, 0.5) is 0 Å². The second kappa shape index (κ2) is 6.64. The average Bonchev–Trinajstić information content (AvgIpc) is 2.89. The van der Waals surface area contributed by atoms with Gasteiger partial charge in [-0.2, -0.15) is 12.6 Å². The molecule has 0 bridgehead atoms. The summed E-state index contributed by atoms with van der Waals surface area (Å²) >= 11 is 4.25. The lowest BCUT2D eigenvalue weighted by Gasteiger charge is -2.11. The molecule has 128 valence electrons. The predicted octanol–water partition coefficient (Wildman–Crippen LogP) is 3.81. The van der Waals surface area contributed by atoms with Crippen LogP contribution in [0, 0.1) is 6.92 Å². The molecule has 0 spiro atoms. The fraction of sp³-hybridized carbons (Fsp3) is 0.158. The van der Waals surface area contributed by atoms with Gasteiger partial charge in [0.2, 0.25) is 0 Å². The molecule has 0 saturated carbocycles. The van der Waals surface area contributed by atoms with Gasteiger partial charge in [-0.15, -0.1) is 0 Å². The highest BCUT2D eigenvalue weighted by Crippen LogP contribution is 2.31. The zero-order valence-electron chi connectivity index (χ0n) is 13.6. The monoisotopic (exact) mass is 355 g/mol. The number of aromatic carboxylic acids is 2. The number of para-hydroxylation sites is 1. The Kier molecular flexibility index (Phi) is 4.55. The van der Waals surface area contributed by atoms with Gasteiger partial charge in [0.25, 0.3) is 0 Å². The zero-order valence-corrected chi connectivity index (χ0v) is 14.5. The van der Waals surface area contributed by atoms with Gasteiger partial charge in [0.1, 0.15) is 5.69 Å². The maximum atomic E-state index is 12.0. The van der Waals surface area contributed by atoms with Crippen molar-refractivity contribution in [3.8, 4) is 5.69 Å². The molecule has 1 heterocycles. The molecular weight excluding hydrogens is 338 g/mol. The van der Waals surface area contributed by atoms with Crippen molar-refractivity contribution in [2.24, 2.45) is 0 Å². The topological polar surface area (TPSA) is 79.5 Å². The first-order valence-electron chi connectivity index (χ1n) is 7.76. The highest BCUT2D eigenvalue weighted by molar-refractivity contribution is 7.80. The minimum Gasteiger partial charge on any atom is -0.478 e. The highest BCUT2D eigenvalue weighted by atomic mass is 32.1. The first-order valence-corrected chi connectivity index (χ1v) is 8.39. The van der Waals surface area contributed by atoms with E-state index in [9.17, 15) is 19.8 Å². The smallest absolute Gasteiger partial charge is 0.353 e. The van der Waals surface area contributed by atoms with E-state index in [2.05, 4.69) is 12.6 Å². The van der Waals surface area contributed by atoms with Crippen molar-refractivity contribution in [2.45, 2.75) is 13.3 Å². The number of aryl methyl sites for hydroxylation is 2. The maximum absolute atomic E-state index is 12.0. The first-order chi connectivity index (χ1) is 11.9. The second-order valence-electron chi connectivity index (χ2n) is 5.82. The van der Waals surface area contributed by atoms with Gasteiger partial charge >= 0.3 is 11.9 Å². The van der Waals surface area contributed by atoms with E-state index in [0.717, 1.165) is 16.5 Å². The lowest BCUT2D eigenvalue weighted by atomic mass is 10.1. The number of thiol groups is 1. The number of hydrogen-bond acceptors (Lipinski definition) is 3. The molecule has 0 aliphatic rings. The molecule has 0 unspecified atom stereocenters. The standard InChI is InChI=1S/C19H17NO4S/c1-11-8-12(18(21)22)10-13(9-11)20-16-5-3-2-4-14(16)15(6-7-25)17(20)19(23)24/h2-5,8-10,25H,6-7H2,1H3,(H,21,22)(H,23,24). The number of hydrogen-bond donors (Lipinski definition) is 3. The van der Waals surface area contributed by atoms with Crippen LogP contribution >= 0.6 is 12.6 Å². The van der Waals surface area contributed by atoms with E-state index >= 15 is 0 Å². The molecule has 0 saturated heterocycles. The van der Waals surface area contributed by atoms with E-state index in [4.69, 9.17) is 0 Å². The van der Waals surface area contributed by atoms with Crippen LogP contribution in [0.1, 0.15) is 32.0 Å². The minimum absolute atomic E-state index is 0.125. The number of carboxylic acids is 2. The molecule has 3 aromatic rings. The Hall–Kier alpha value is -2.73. The van der Waals surface area contributed by atoms with Crippen molar-refractivity contribution in [1.82, 2.24) is 4.57 Å². The molecule has 0 aliphatic carbocycles. The Morgan fingerprint density at radius 3 is 2.44 bits per heavy atom. The molecule has 1 aromatic heterocycles. The number of nitrogens with zero attached hydrogens (tertiary/aromatic N) is 1. The Morgan fingerprint density at radius 2 is 1.80 bits per heavy atom. The Bertz CT molecular complexity index is 990. The van der Waals surface area contributed by atoms with Crippen molar-refractivity contribution in [2.75, 3.05) is 5.75 Å². The predicted molar refractivity (Wildman–Crippen MR) is 99.5 cm³/mol. The third-order valence-electron chi connectivity index (χ3n) is 4.11. The summed E-state index contributed by atoms with van der Waals surface area (Å²) in [6, 6.07) is 12.3. The molecular formula is C19H17NO4S. The lowest BCUT2D eigenvalue weighted by Crippen LogP contribution is -2.10. The van der Waals surface area contributed by atoms with Crippen LogP contribution in [0.25, 0.3) is 16.6 Å². The van der Waals surface area contributed by atoms with Gasteiger partial charge in [-0.05, 0) is 54.5 Å². The van der Waals surface area contributed by atoms with Crippen molar-refractivity contribution >= 4 is 35.5 Å². The third kappa shape index (κ3) is 3.00. The summed E-state index contributed by atoms with van der Waals surface area (Å²) < 4.78 is 1.62. The van der Waals surface area contributed by atoms with Crippen molar-refractivity contribution in [3.63, 3.8) is 0 Å². The molecule has 5 nitrogen and oxygen atoms in total. The Morgan fingerprint density at radius 1 is 1.08 bits per heavy atom. The first kappa shape index (κ1) is 17.1. The van der Waals surface area contributed by atoms with Gasteiger partial charge < -0.3 is 14.8 Å². The van der Waals surface area contributed by atoms with Gasteiger partial charge in [-0.3, -0.25) is 0 Å². The lowest BCUT2D eigenvalue weighted by molar-refractivity contribution is 0.0681. The summed E-state index contributed by atoms with van der Waals surface area (Å²) in [6.07, 6.45) is 0.510. The minimum atomic E-state index is -1.05. The highest BCUT2D eigenvalue weighted by Gasteiger charge is 2.23. The summed E-state index contributed by atoms with van der Waals surface area (Å²) in [6.45, 7) is 1.79. The van der Waals surface area contributed by atoms with Gasteiger partial charge in [0, 0.05) is 11.1 Å². The largest absolute Gasteiger partial charge is 0.478 e. The van der Waals surface area contributed by atoms with E-state index in [1.54, 1.807) is 23.6 Å². The zero-order chi connectivity index (χ0) is 18.1. The summed E-state index contributed by atoms with van der Waals surface area (Å²) in [5.74, 6) is -1.58. The number of aromatic nitrogens is 1. The van der Waals surface area contributed by atoms with Gasteiger partial charge in [-0.1, -0.05) is 18.2 Å². The molecule has 3 rings (SSSR count). The molecule has 0 amide bonds. The maximum Gasteiger partial charge on any atom is 0.353 e. The molecule has 0 aliphatic heterocycles. The Balaban J connectivity index is 2.42. The molecule has 6 heteroatoms. The van der Waals surface area contributed by atoms with Gasteiger partial charge in [0.05, 0.1) is 11.1 Å². The van der Waals surface area contributed by atoms with E-state index in [1.807, 2.05) is 24.3 Å². The van der Waals surface area contributed by atoms with Crippen LogP contribution in [0.2, 0.25) is 0 Å². The average molecular weight is 355 g/mol. The van der Waals surface area contributed by atoms with E-state index in [1.165, 1.54) is 6.07 Å². The van der Waals surface area contributed by atoms with Crippen LogP contribution in [-0.2, 0) is 6.42 Å². The van der Waals surface area contributed by atoms with Crippen LogP contribution in [0.15, 0.2) is 42.5 Å². The summed E-state index contributed by atoms with van der Waals surface area (Å²) in [5, 5.41) is 20.0. The number of fused-ring (bicyclic) bond motifs is 1. The SMILES string of the molecule is Cc1cc(C(=O)O)cc(-n2c(C(=O)O)c(CCS)c3ccccc32)c1. The summed E-state index contributed by atoms with van der Waals surface area (Å²) in [5.41, 5.74) is 2.99. The van der Waals surface area contributed by atoms with E-state index in [-0.39, 0.29) is 11.3 Å². The van der Waals surface area contributed by atoms with Crippen LogP contribution < -0.4 is 0 Å². The van der Waals surface area contributed by atoms with Gasteiger partial charge in [0.15, 0.2) is 0 Å². The quantitative estimate of drug-likeness (QED) is 0.608. The number of carbonyl (C=O) groups is 2. The number of carboxylic acid groups (broad SMARTS) is 2. The van der Waals surface area contributed by atoms with Crippen LogP contribution in [0.3, 0.4) is 0 Å². The van der Waals surface area contributed by atoms with Crippen LogP contribution in [0.5, 0.6) is 0 Å². The van der Waals surface area contributed by atoms with Gasteiger partial charge in [-0.25, -0.2) is 9.59 Å². The van der Waals surface area contributed by atoms with Crippen LogP contribution in [-0.4, -0.2) is 32.5 Å². The fourth-order valence-corrected chi connectivity index (χ4v) is 3.40. The molecule has 2 N–H and O–H groups in total. The van der Waals surface area contributed by atoms with Crippen molar-refractivity contribution in [1.29, 1.82) is 0 Å². The van der Waals surface area contributed by atoms with E-state index < -0.39 is 11.9 Å². The summed E-state index contributed by atoms with van der Waals surface area (Å²) in [4.78, 5) is 23.4.